The van der Waals surface area contributed by atoms with Crippen molar-refractivity contribution in [2.75, 3.05) is 5.32 Å². The van der Waals surface area contributed by atoms with Crippen molar-refractivity contribution in [3.05, 3.63) is 66.0 Å². The molecular weight excluding hydrogens is 227 g/mol. The summed E-state index contributed by atoms with van der Waals surface area (Å²) in [5.41, 5.74) is 0.704. The molecule has 90 valence electrons. The largest absolute Gasteiger partial charge is 0.364 e. The lowest BCUT2D eigenvalue weighted by Gasteiger charge is -2.25. The molecule has 0 saturated carbocycles. The van der Waals surface area contributed by atoms with Crippen LogP contribution in [0.3, 0.4) is 0 Å². The Kier molecular flexibility index (Phi) is 3.29. The van der Waals surface area contributed by atoms with Crippen molar-refractivity contribution in [2.24, 2.45) is 0 Å². The van der Waals surface area contributed by atoms with Gasteiger partial charge in [0.05, 0.1) is 6.07 Å². The molecule has 1 atom stereocenters. The Morgan fingerprint density at radius 1 is 1.06 bits per heavy atom. The second-order valence-electron chi connectivity index (χ2n) is 4.23. The highest BCUT2D eigenvalue weighted by Crippen LogP contribution is 2.25. The molecule has 0 heterocycles. The molecule has 0 fully saturated rings. The van der Waals surface area contributed by atoms with Crippen LogP contribution in [-0.4, -0.2) is 0 Å². The Balaban J connectivity index is 2.32. The second-order valence-corrected chi connectivity index (χ2v) is 4.23. The summed E-state index contributed by atoms with van der Waals surface area (Å²) in [6, 6.07) is 17.7. The maximum absolute atomic E-state index is 12.9. The predicted octanol–water partition coefficient (Wildman–Crippen LogP) is 3.68. The lowest BCUT2D eigenvalue weighted by molar-refractivity contribution is 0.623. The first kappa shape index (κ1) is 12.1. The van der Waals surface area contributed by atoms with Crippen LogP contribution in [-0.2, 0) is 5.54 Å². The van der Waals surface area contributed by atoms with E-state index in [1.54, 1.807) is 19.1 Å². The summed E-state index contributed by atoms with van der Waals surface area (Å²) >= 11 is 0. The van der Waals surface area contributed by atoms with Gasteiger partial charge in [0.15, 0.2) is 0 Å². The van der Waals surface area contributed by atoms with Gasteiger partial charge in [0.1, 0.15) is 11.4 Å². The van der Waals surface area contributed by atoms with E-state index >= 15 is 0 Å². The first-order valence-electron chi connectivity index (χ1n) is 5.64. The lowest BCUT2D eigenvalue weighted by atomic mass is 9.93. The number of nitrogens with one attached hydrogen (secondary N) is 1. The molecule has 0 spiro atoms. The van der Waals surface area contributed by atoms with Crippen molar-refractivity contribution in [2.45, 2.75) is 12.5 Å². The predicted molar refractivity (Wildman–Crippen MR) is 69.4 cm³/mol. The number of rotatable bonds is 3. The molecule has 2 nitrogen and oxygen atoms in total. The minimum atomic E-state index is -0.880. The summed E-state index contributed by atoms with van der Waals surface area (Å²) in [4.78, 5) is 0. The highest BCUT2D eigenvalue weighted by Gasteiger charge is 2.25. The van der Waals surface area contributed by atoms with Crippen molar-refractivity contribution in [3.8, 4) is 6.07 Å². The minimum absolute atomic E-state index is 0.307. The fourth-order valence-electron chi connectivity index (χ4n) is 1.76. The van der Waals surface area contributed by atoms with Crippen LogP contribution < -0.4 is 5.32 Å². The Bertz CT molecular complexity index is 557. The molecule has 0 aliphatic heterocycles. The number of nitrogens with zero attached hydrogens (tertiary/aromatic N) is 1. The van der Waals surface area contributed by atoms with Crippen LogP contribution in [0.2, 0.25) is 0 Å². The van der Waals surface area contributed by atoms with Gasteiger partial charge in [-0.25, -0.2) is 4.39 Å². The number of benzene rings is 2. The van der Waals surface area contributed by atoms with Gasteiger partial charge in [-0.15, -0.1) is 0 Å². The van der Waals surface area contributed by atoms with Gasteiger partial charge in [0, 0.05) is 5.69 Å². The Morgan fingerprint density at radius 2 is 1.67 bits per heavy atom. The summed E-state index contributed by atoms with van der Waals surface area (Å²) in [5.74, 6) is -0.307. The molecule has 2 aromatic rings. The van der Waals surface area contributed by atoms with E-state index in [9.17, 15) is 9.65 Å². The molecular formula is C15H13FN2. The molecule has 0 bridgehead atoms. The zero-order chi connectivity index (χ0) is 13.0. The van der Waals surface area contributed by atoms with Gasteiger partial charge in [0.2, 0.25) is 0 Å². The number of halogens is 1. The first-order chi connectivity index (χ1) is 8.64. The summed E-state index contributed by atoms with van der Waals surface area (Å²) in [6.07, 6.45) is 0. The van der Waals surface area contributed by atoms with E-state index in [0.717, 1.165) is 11.3 Å². The van der Waals surface area contributed by atoms with Gasteiger partial charge in [-0.3, -0.25) is 0 Å². The van der Waals surface area contributed by atoms with E-state index in [2.05, 4.69) is 11.4 Å². The molecule has 0 aliphatic rings. The molecule has 0 radical (unpaired) electrons. The summed E-state index contributed by atoms with van der Waals surface area (Å²) in [6.45, 7) is 1.77. The molecule has 2 rings (SSSR count). The highest BCUT2D eigenvalue weighted by atomic mass is 19.1. The molecule has 3 heteroatoms. The van der Waals surface area contributed by atoms with Crippen LogP contribution >= 0.6 is 0 Å². The summed E-state index contributed by atoms with van der Waals surface area (Å²) in [7, 11) is 0. The number of anilines is 1. The third kappa shape index (κ3) is 2.49. The fraction of sp³-hybridized carbons (Fsp3) is 0.133. The minimum Gasteiger partial charge on any atom is -0.364 e. The molecule has 0 saturated heterocycles. The third-order valence-electron chi connectivity index (χ3n) is 2.81. The normalized spacial score (nSPS) is 13.4. The van der Waals surface area contributed by atoms with Crippen LogP contribution in [0, 0.1) is 17.1 Å². The maximum atomic E-state index is 12.9. The molecule has 0 aliphatic carbocycles. The van der Waals surface area contributed by atoms with Gasteiger partial charge >= 0.3 is 0 Å². The smallest absolute Gasteiger partial charge is 0.148 e. The SMILES string of the molecule is CC(C#N)(Nc1ccccc1)c1ccc(F)cc1. The molecule has 1 unspecified atom stereocenters. The van der Waals surface area contributed by atoms with Gasteiger partial charge in [-0.2, -0.15) is 5.26 Å². The zero-order valence-electron chi connectivity index (χ0n) is 10.0. The Hall–Kier alpha value is -2.34. The number of hydrogen-bond donors (Lipinski definition) is 1. The fourth-order valence-corrected chi connectivity index (χ4v) is 1.76. The Morgan fingerprint density at radius 3 is 2.22 bits per heavy atom. The van der Waals surface area contributed by atoms with E-state index in [0.29, 0.717) is 0 Å². The van der Waals surface area contributed by atoms with Gasteiger partial charge in [-0.1, -0.05) is 30.3 Å². The average Bonchev–Trinajstić information content (AvgIpc) is 2.40. The van der Waals surface area contributed by atoms with Crippen molar-refractivity contribution in [1.82, 2.24) is 0 Å². The van der Waals surface area contributed by atoms with Crippen molar-refractivity contribution >= 4 is 5.69 Å². The van der Waals surface area contributed by atoms with E-state index in [1.807, 2.05) is 30.3 Å². The van der Waals surface area contributed by atoms with Crippen LogP contribution in [0.4, 0.5) is 10.1 Å². The molecule has 2 aromatic carbocycles. The van der Waals surface area contributed by atoms with Crippen LogP contribution in [0.15, 0.2) is 54.6 Å². The van der Waals surface area contributed by atoms with Gasteiger partial charge in [-0.05, 0) is 36.8 Å². The van der Waals surface area contributed by atoms with Crippen molar-refractivity contribution in [1.29, 1.82) is 5.26 Å². The Labute approximate surface area is 106 Å². The van der Waals surface area contributed by atoms with Crippen molar-refractivity contribution in [3.63, 3.8) is 0 Å². The van der Waals surface area contributed by atoms with E-state index in [1.165, 1.54) is 12.1 Å². The monoisotopic (exact) mass is 240 g/mol. The van der Waals surface area contributed by atoms with E-state index in [4.69, 9.17) is 0 Å². The second kappa shape index (κ2) is 4.89. The topological polar surface area (TPSA) is 35.8 Å². The van der Waals surface area contributed by atoms with E-state index < -0.39 is 5.54 Å². The highest BCUT2D eigenvalue weighted by molar-refractivity contribution is 5.50. The van der Waals surface area contributed by atoms with Crippen LogP contribution in [0.5, 0.6) is 0 Å². The maximum Gasteiger partial charge on any atom is 0.148 e. The van der Waals surface area contributed by atoms with Gasteiger partial charge in [0.25, 0.3) is 0 Å². The molecule has 1 N–H and O–H groups in total. The summed E-state index contributed by atoms with van der Waals surface area (Å²) < 4.78 is 12.9. The lowest BCUT2D eigenvalue weighted by Crippen LogP contribution is -2.29. The standard InChI is InChI=1S/C15H13FN2/c1-15(11-17,12-7-9-13(16)10-8-12)18-14-5-3-2-4-6-14/h2-10,18H,1H3. The van der Waals surface area contributed by atoms with E-state index in [-0.39, 0.29) is 5.82 Å². The third-order valence-corrected chi connectivity index (χ3v) is 2.81. The summed E-state index contributed by atoms with van der Waals surface area (Å²) in [5, 5.41) is 12.5. The average molecular weight is 240 g/mol. The number of hydrogen-bond acceptors (Lipinski definition) is 2. The number of nitriles is 1. The van der Waals surface area contributed by atoms with Crippen LogP contribution in [0.25, 0.3) is 0 Å². The van der Waals surface area contributed by atoms with Crippen molar-refractivity contribution < 1.29 is 4.39 Å². The molecule has 0 amide bonds. The van der Waals surface area contributed by atoms with Gasteiger partial charge < -0.3 is 5.32 Å². The number of para-hydroxylation sites is 1. The zero-order valence-corrected chi connectivity index (χ0v) is 10.0. The van der Waals surface area contributed by atoms with Crippen LogP contribution in [0.1, 0.15) is 12.5 Å². The quantitative estimate of drug-likeness (QED) is 0.888. The molecule has 0 aromatic heterocycles. The molecule has 18 heavy (non-hydrogen) atoms. The first-order valence-corrected chi connectivity index (χ1v) is 5.64.